The standard InChI is InChI=1S/C19H25FN2O/c1-22(2)14-16-5-4-6-17(11-16)18-12-15(7-8-19(18)20)13-21-9-10-23-3/h4-8,11-12,21H,9-10,13-14H2,1-3H3. The summed E-state index contributed by atoms with van der Waals surface area (Å²) in [5.74, 6) is -0.187. The van der Waals surface area contributed by atoms with Crippen LogP contribution in [0.25, 0.3) is 11.1 Å². The zero-order valence-electron chi connectivity index (χ0n) is 14.1. The molecule has 0 saturated carbocycles. The van der Waals surface area contributed by atoms with E-state index in [1.165, 1.54) is 5.56 Å². The smallest absolute Gasteiger partial charge is 0.131 e. The van der Waals surface area contributed by atoms with E-state index in [0.29, 0.717) is 18.7 Å². The molecular formula is C19H25FN2O. The Morgan fingerprint density at radius 3 is 2.65 bits per heavy atom. The summed E-state index contributed by atoms with van der Waals surface area (Å²) in [5, 5.41) is 3.28. The molecule has 0 spiro atoms. The van der Waals surface area contributed by atoms with Crippen LogP contribution in [0.15, 0.2) is 42.5 Å². The second-order valence-corrected chi connectivity index (χ2v) is 5.92. The van der Waals surface area contributed by atoms with Crippen molar-refractivity contribution < 1.29 is 9.13 Å². The molecule has 0 aliphatic rings. The molecule has 2 aromatic rings. The Balaban J connectivity index is 2.18. The third-order valence-electron chi connectivity index (χ3n) is 3.58. The summed E-state index contributed by atoms with van der Waals surface area (Å²) in [5.41, 5.74) is 3.81. The molecule has 0 atom stereocenters. The third-order valence-corrected chi connectivity index (χ3v) is 3.58. The van der Waals surface area contributed by atoms with E-state index >= 15 is 0 Å². The summed E-state index contributed by atoms with van der Waals surface area (Å²) in [4.78, 5) is 2.10. The highest BCUT2D eigenvalue weighted by atomic mass is 19.1. The molecule has 2 rings (SSSR count). The van der Waals surface area contributed by atoms with E-state index in [9.17, 15) is 4.39 Å². The van der Waals surface area contributed by atoms with Gasteiger partial charge in [-0.05, 0) is 49.0 Å². The van der Waals surface area contributed by atoms with E-state index in [1.54, 1.807) is 13.2 Å². The Bertz CT molecular complexity index is 629. The lowest BCUT2D eigenvalue weighted by Gasteiger charge is -2.12. The Morgan fingerprint density at radius 2 is 1.91 bits per heavy atom. The maximum absolute atomic E-state index is 14.2. The lowest BCUT2D eigenvalue weighted by atomic mass is 10.00. The van der Waals surface area contributed by atoms with Crippen LogP contribution in [0, 0.1) is 5.82 Å². The lowest BCUT2D eigenvalue weighted by molar-refractivity contribution is 0.199. The molecule has 0 fully saturated rings. The van der Waals surface area contributed by atoms with Crippen molar-refractivity contribution in [2.45, 2.75) is 13.1 Å². The van der Waals surface area contributed by atoms with Crippen LogP contribution in [0.5, 0.6) is 0 Å². The molecule has 0 aromatic heterocycles. The summed E-state index contributed by atoms with van der Waals surface area (Å²) in [6.45, 7) is 2.99. The topological polar surface area (TPSA) is 24.5 Å². The van der Waals surface area contributed by atoms with Crippen LogP contribution in [-0.2, 0) is 17.8 Å². The summed E-state index contributed by atoms with van der Waals surface area (Å²) in [6, 6.07) is 13.3. The molecule has 4 heteroatoms. The van der Waals surface area contributed by atoms with Crippen LogP contribution in [0.1, 0.15) is 11.1 Å². The third kappa shape index (κ3) is 5.43. The van der Waals surface area contributed by atoms with Gasteiger partial charge < -0.3 is 15.0 Å². The first-order chi connectivity index (χ1) is 11.1. The summed E-state index contributed by atoms with van der Waals surface area (Å²) < 4.78 is 19.3. The first-order valence-corrected chi connectivity index (χ1v) is 7.82. The molecule has 0 amide bonds. The number of rotatable bonds is 8. The van der Waals surface area contributed by atoms with Crippen molar-refractivity contribution in [2.75, 3.05) is 34.4 Å². The number of nitrogens with zero attached hydrogens (tertiary/aromatic N) is 1. The molecule has 1 N–H and O–H groups in total. The van der Waals surface area contributed by atoms with E-state index in [-0.39, 0.29) is 5.82 Å². The van der Waals surface area contributed by atoms with Crippen LogP contribution in [-0.4, -0.2) is 39.3 Å². The SMILES string of the molecule is COCCNCc1ccc(F)c(-c2cccc(CN(C)C)c2)c1. The van der Waals surface area contributed by atoms with E-state index in [2.05, 4.69) is 22.3 Å². The van der Waals surface area contributed by atoms with Gasteiger partial charge in [-0.25, -0.2) is 4.39 Å². The number of hydrogen-bond acceptors (Lipinski definition) is 3. The number of nitrogens with one attached hydrogen (secondary N) is 1. The molecule has 124 valence electrons. The van der Waals surface area contributed by atoms with Crippen LogP contribution >= 0.6 is 0 Å². The minimum Gasteiger partial charge on any atom is -0.383 e. The van der Waals surface area contributed by atoms with E-state index in [0.717, 1.165) is 24.2 Å². The summed E-state index contributed by atoms with van der Waals surface area (Å²) in [6.07, 6.45) is 0. The zero-order valence-corrected chi connectivity index (χ0v) is 14.1. The molecule has 0 aliphatic heterocycles. The maximum atomic E-state index is 14.2. The molecule has 0 heterocycles. The van der Waals surface area contributed by atoms with Crippen LogP contribution in [0.4, 0.5) is 4.39 Å². The van der Waals surface area contributed by atoms with Crippen molar-refractivity contribution in [3.8, 4) is 11.1 Å². The Hall–Kier alpha value is -1.75. The average Bonchev–Trinajstić information content (AvgIpc) is 2.52. The van der Waals surface area contributed by atoms with Gasteiger partial charge in [0.05, 0.1) is 6.61 Å². The van der Waals surface area contributed by atoms with Crippen molar-refractivity contribution in [3.63, 3.8) is 0 Å². The summed E-state index contributed by atoms with van der Waals surface area (Å²) in [7, 11) is 5.73. The van der Waals surface area contributed by atoms with E-state index < -0.39 is 0 Å². The normalized spacial score (nSPS) is 11.2. The zero-order chi connectivity index (χ0) is 16.7. The van der Waals surface area contributed by atoms with E-state index in [1.807, 2.05) is 38.4 Å². The molecule has 2 aromatic carbocycles. The van der Waals surface area contributed by atoms with Crippen molar-refractivity contribution in [1.29, 1.82) is 0 Å². The van der Waals surface area contributed by atoms with Gasteiger partial charge in [0.1, 0.15) is 5.82 Å². The van der Waals surface area contributed by atoms with Gasteiger partial charge in [-0.15, -0.1) is 0 Å². The minimum atomic E-state index is -0.187. The van der Waals surface area contributed by atoms with Gasteiger partial charge in [-0.1, -0.05) is 24.3 Å². The highest BCUT2D eigenvalue weighted by Crippen LogP contribution is 2.25. The van der Waals surface area contributed by atoms with Crippen molar-refractivity contribution in [2.24, 2.45) is 0 Å². The number of benzene rings is 2. The van der Waals surface area contributed by atoms with Crippen molar-refractivity contribution >= 4 is 0 Å². The fourth-order valence-electron chi connectivity index (χ4n) is 2.51. The number of hydrogen-bond donors (Lipinski definition) is 1. The Kier molecular flexibility index (Phi) is 6.71. The molecule has 0 bridgehead atoms. The fraction of sp³-hybridized carbons (Fsp3) is 0.368. The first-order valence-electron chi connectivity index (χ1n) is 7.82. The predicted octanol–water partition coefficient (Wildman–Crippen LogP) is 3.29. The maximum Gasteiger partial charge on any atom is 0.131 e. The van der Waals surface area contributed by atoms with Gasteiger partial charge in [0, 0.05) is 32.3 Å². The Morgan fingerprint density at radius 1 is 1.09 bits per heavy atom. The minimum absolute atomic E-state index is 0.187. The highest BCUT2D eigenvalue weighted by Gasteiger charge is 2.07. The number of halogens is 1. The number of methoxy groups -OCH3 is 1. The van der Waals surface area contributed by atoms with Crippen LogP contribution in [0.2, 0.25) is 0 Å². The van der Waals surface area contributed by atoms with Gasteiger partial charge in [0.15, 0.2) is 0 Å². The van der Waals surface area contributed by atoms with Gasteiger partial charge in [-0.3, -0.25) is 0 Å². The first kappa shape index (κ1) is 17.6. The second kappa shape index (κ2) is 8.77. The van der Waals surface area contributed by atoms with Gasteiger partial charge in [0.2, 0.25) is 0 Å². The molecule has 0 unspecified atom stereocenters. The molecule has 3 nitrogen and oxygen atoms in total. The molecule has 0 radical (unpaired) electrons. The lowest BCUT2D eigenvalue weighted by Crippen LogP contribution is -2.18. The molecule has 0 saturated heterocycles. The van der Waals surface area contributed by atoms with Crippen LogP contribution < -0.4 is 5.32 Å². The van der Waals surface area contributed by atoms with Crippen molar-refractivity contribution in [3.05, 3.63) is 59.4 Å². The highest BCUT2D eigenvalue weighted by molar-refractivity contribution is 5.65. The van der Waals surface area contributed by atoms with Gasteiger partial charge >= 0.3 is 0 Å². The molecule has 23 heavy (non-hydrogen) atoms. The largest absolute Gasteiger partial charge is 0.383 e. The van der Waals surface area contributed by atoms with Crippen LogP contribution in [0.3, 0.4) is 0 Å². The predicted molar refractivity (Wildman–Crippen MR) is 92.8 cm³/mol. The second-order valence-electron chi connectivity index (χ2n) is 5.92. The van der Waals surface area contributed by atoms with Gasteiger partial charge in [-0.2, -0.15) is 0 Å². The average molecular weight is 316 g/mol. The van der Waals surface area contributed by atoms with Crippen molar-refractivity contribution in [1.82, 2.24) is 10.2 Å². The van der Waals surface area contributed by atoms with E-state index in [4.69, 9.17) is 4.74 Å². The Labute approximate surface area is 138 Å². The molecular weight excluding hydrogens is 291 g/mol. The number of ether oxygens (including phenoxy) is 1. The monoisotopic (exact) mass is 316 g/mol. The molecule has 0 aliphatic carbocycles. The van der Waals surface area contributed by atoms with Gasteiger partial charge in [0.25, 0.3) is 0 Å². The quantitative estimate of drug-likeness (QED) is 0.756. The fourth-order valence-corrected chi connectivity index (χ4v) is 2.51. The summed E-state index contributed by atoms with van der Waals surface area (Å²) >= 11 is 0.